The second-order valence-corrected chi connectivity index (χ2v) is 6.80. The predicted octanol–water partition coefficient (Wildman–Crippen LogP) is 2.79. The summed E-state index contributed by atoms with van der Waals surface area (Å²) in [5.74, 6) is 0.438. The van der Waals surface area contributed by atoms with Crippen LogP contribution in [0, 0.1) is 0 Å². The van der Waals surface area contributed by atoms with Crippen molar-refractivity contribution in [2.75, 3.05) is 32.6 Å². The SMILES string of the molecule is CC(C(=O)Nc1ccc(OCC(O)CN(C)C)cc1)c1ccsc1. The Balaban J connectivity index is 1.84. The number of thiophene rings is 1. The molecule has 2 atom stereocenters. The van der Waals surface area contributed by atoms with Crippen LogP contribution in [0.25, 0.3) is 0 Å². The number of rotatable bonds is 8. The molecule has 6 heteroatoms. The van der Waals surface area contributed by atoms with Gasteiger partial charge in [-0.1, -0.05) is 0 Å². The van der Waals surface area contributed by atoms with Crippen LogP contribution in [0.3, 0.4) is 0 Å². The van der Waals surface area contributed by atoms with Gasteiger partial charge in [0, 0.05) is 12.2 Å². The monoisotopic (exact) mass is 348 g/mol. The molecule has 1 amide bonds. The van der Waals surface area contributed by atoms with Gasteiger partial charge in [0.2, 0.25) is 5.91 Å². The zero-order valence-corrected chi connectivity index (χ0v) is 15.0. The molecule has 2 N–H and O–H groups in total. The van der Waals surface area contributed by atoms with Crippen molar-refractivity contribution in [3.05, 3.63) is 46.7 Å². The lowest BCUT2D eigenvalue weighted by Crippen LogP contribution is -2.30. The molecule has 0 bridgehead atoms. The third-order valence-corrected chi connectivity index (χ3v) is 4.28. The van der Waals surface area contributed by atoms with E-state index in [1.807, 2.05) is 42.7 Å². The molecule has 0 fully saturated rings. The van der Waals surface area contributed by atoms with Crippen molar-refractivity contribution in [2.45, 2.75) is 18.9 Å². The van der Waals surface area contributed by atoms with Gasteiger partial charge in [-0.25, -0.2) is 0 Å². The van der Waals surface area contributed by atoms with E-state index in [4.69, 9.17) is 4.74 Å². The largest absolute Gasteiger partial charge is 0.491 e. The van der Waals surface area contributed by atoms with Gasteiger partial charge in [0.15, 0.2) is 0 Å². The van der Waals surface area contributed by atoms with Gasteiger partial charge in [-0.15, -0.1) is 0 Å². The van der Waals surface area contributed by atoms with Crippen LogP contribution >= 0.6 is 11.3 Å². The summed E-state index contributed by atoms with van der Waals surface area (Å²) in [4.78, 5) is 14.1. The van der Waals surface area contributed by atoms with Crippen LogP contribution in [0.15, 0.2) is 41.1 Å². The van der Waals surface area contributed by atoms with E-state index in [1.165, 1.54) is 0 Å². The molecule has 1 aromatic heterocycles. The van der Waals surface area contributed by atoms with Crippen LogP contribution in [-0.4, -0.2) is 49.3 Å². The number of likely N-dealkylation sites (N-methyl/N-ethyl adjacent to an activating group) is 1. The molecule has 2 unspecified atom stereocenters. The Hall–Kier alpha value is -1.89. The Morgan fingerprint density at radius 1 is 1.29 bits per heavy atom. The number of nitrogens with zero attached hydrogens (tertiary/aromatic N) is 1. The summed E-state index contributed by atoms with van der Waals surface area (Å²) in [5.41, 5.74) is 1.75. The maximum absolute atomic E-state index is 12.2. The van der Waals surface area contributed by atoms with E-state index < -0.39 is 6.10 Å². The molecule has 0 radical (unpaired) electrons. The average molecular weight is 348 g/mol. The van der Waals surface area contributed by atoms with Gasteiger partial charge in [-0.3, -0.25) is 4.79 Å². The van der Waals surface area contributed by atoms with Crippen molar-refractivity contribution in [1.82, 2.24) is 4.90 Å². The molecule has 2 aromatic rings. The van der Waals surface area contributed by atoms with Crippen LogP contribution in [0.1, 0.15) is 18.4 Å². The first-order valence-electron chi connectivity index (χ1n) is 7.84. The van der Waals surface area contributed by atoms with E-state index in [2.05, 4.69) is 5.32 Å². The third kappa shape index (κ3) is 5.63. The predicted molar refractivity (Wildman–Crippen MR) is 97.9 cm³/mol. The summed E-state index contributed by atoms with van der Waals surface area (Å²) >= 11 is 1.58. The lowest BCUT2D eigenvalue weighted by atomic mass is 10.0. The minimum absolute atomic E-state index is 0.0385. The Morgan fingerprint density at radius 2 is 2.00 bits per heavy atom. The third-order valence-electron chi connectivity index (χ3n) is 3.58. The standard InChI is InChI=1S/C18H24N2O3S/c1-13(14-8-9-24-12-14)18(22)19-15-4-6-17(7-5-15)23-11-16(21)10-20(2)3/h4-9,12-13,16,21H,10-11H2,1-3H3,(H,19,22). The van der Waals surface area contributed by atoms with E-state index in [9.17, 15) is 9.90 Å². The molecule has 5 nitrogen and oxygen atoms in total. The van der Waals surface area contributed by atoms with Crippen LogP contribution in [0.4, 0.5) is 5.69 Å². The summed E-state index contributed by atoms with van der Waals surface area (Å²) in [7, 11) is 3.80. The molecule has 0 aliphatic heterocycles. The molecule has 0 saturated heterocycles. The van der Waals surface area contributed by atoms with E-state index in [0.717, 1.165) is 11.3 Å². The highest BCUT2D eigenvalue weighted by Gasteiger charge is 2.15. The average Bonchev–Trinajstić information content (AvgIpc) is 3.07. The molecule has 2 rings (SSSR count). The van der Waals surface area contributed by atoms with E-state index >= 15 is 0 Å². The van der Waals surface area contributed by atoms with E-state index in [0.29, 0.717) is 12.3 Å². The summed E-state index contributed by atoms with van der Waals surface area (Å²) in [6.07, 6.45) is -0.536. The molecule has 130 valence electrons. The quantitative estimate of drug-likeness (QED) is 0.770. The van der Waals surface area contributed by atoms with Crippen LogP contribution in [-0.2, 0) is 4.79 Å². The lowest BCUT2D eigenvalue weighted by Gasteiger charge is -2.16. The van der Waals surface area contributed by atoms with Gasteiger partial charge in [-0.05, 0) is 67.7 Å². The number of ether oxygens (including phenoxy) is 1. The highest BCUT2D eigenvalue weighted by molar-refractivity contribution is 7.08. The minimum atomic E-state index is -0.536. The highest BCUT2D eigenvalue weighted by atomic mass is 32.1. The number of benzene rings is 1. The van der Waals surface area contributed by atoms with Gasteiger partial charge in [0.05, 0.1) is 5.92 Å². The smallest absolute Gasteiger partial charge is 0.231 e. The first-order chi connectivity index (χ1) is 11.5. The van der Waals surface area contributed by atoms with Crippen LogP contribution < -0.4 is 10.1 Å². The zero-order valence-electron chi connectivity index (χ0n) is 14.2. The summed E-state index contributed by atoms with van der Waals surface area (Å²) in [6, 6.07) is 9.13. The fraction of sp³-hybridized carbons (Fsp3) is 0.389. The van der Waals surface area contributed by atoms with Gasteiger partial charge >= 0.3 is 0 Å². The number of hydrogen-bond donors (Lipinski definition) is 2. The van der Waals surface area contributed by atoms with Crippen molar-refractivity contribution >= 4 is 22.9 Å². The van der Waals surface area contributed by atoms with Crippen molar-refractivity contribution in [3.8, 4) is 5.75 Å². The molecular formula is C18H24N2O3S. The number of carbonyl (C=O) groups is 1. The number of aliphatic hydroxyl groups is 1. The Morgan fingerprint density at radius 3 is 2.58 bits per heavy atom. The number of nitrogens with one attached hydrogen (secondary N) is 1. The summed E-state index contributed by atoms with van der Waals surface area (Å²) in [6.45, 7) is 2.68. The summed E-state index contributed by atoms with van der Waals surface area (Å²) < 4.78 is 5.55. The molecule has 1 aromatic carbocycles. The van der Waals surface area contributed by atoms with Gasteiger partial charge in [0.25, 0.3) is 0 Å². The molecule has 0 spiro atoms. The van der Waals surface area contributed by atoms with E-state index in [1.54, 1.807) is 35.6 Å². The number of aliphatic hydroxyl groups excluding tert-OH is 1. The van der Waals surface area contributed by atoms with Crippen molar-refractivity contribution in [2.24, 2.45) is 0 Å². The van der Waals surface area contributed by atoms with E-state index in [-0.39, 0.29) is 18.4 Å². The molecule has 24 heavy (non-hydrogen) atoms. The fourth-order valence-corrected chi connectivity index (χ4v) is 2.98. The van der Waals surface area contributed by atoms with Crippen molar-refractivity contribution in [1.29, 1.82) is 0 Å². The lowest BCUT2D eigenvalue weighted by molar-refractivity contribution is -0.117. The molecule has 0 aliphatic carbocycles. The maximum Gasteiger partial charge on any atom is 0.231 e. The molecule has 0 saturated carbocycles. The Bertz CT molecular complexity index is 626. The molecule has 0 aliphatic rings. The normalized spacial score (nSPS) is 13.5. The Kier molecular flexibility index (Phi) is 6.78. The van der Waals surface area contributed by atoms with Gasteiger partial charge in [0.1, 0.15) is 18.5 Å². The van der Waals surface area contributed by atoms with Crippen molar-refractivity contribution < 1.29 is 14.6 Å². The highest BCUT2D eigenvalue weighted by Crippen LogP contribution is 2.21. The zero-order chi connectivity index (χ0) is 17.5. The van der Waals surface area contributed by atoms with Crippen LogP contribution in [0.2, 0.25) is 0 Å². The van der Waals surface area contributed by atoms with Crippen molar-refractivity contribution in [3.63, 3.8) is 0 Å². The first kappa shape index (κ1) is 18.4. The second-order valence-electron chi connectivity index (χ2n) is 6.02. The first-order valence-corrected chi connectivity index (χ1v) is 8.78. The molecule has 1 heterocycles. The fourth-order valence-electron chi connectivity index (χ4n) is 2.22. The topological polar surface area (TPSA) is 61.8 Å². The Labute approximate surface area is 146 Å². The number of amides is 1. The van der Waals surface area contributed by atoms with Gasteiger partial charge in [-0.2, -0.15) is 11.3 Å². The number of hydrogen-bond acceptors (Lipinski definition) is 5. The summed E-state index contributed by atoms with van der Waals surface area (Å²) in [5, 5.41) is 16.6. The maximum atomic E-state index is 12.2. The minimum Gasteiger partial charge on any atom is -0.491 e. The van der Waals surface area contributed by atoms with Gasteiger partial charge < -0.3 is 20.1 Å². The molecular weight excluding hydrogens is 324 g/mol. The number of anilines is 1. The van der Waals surface area contributed by atoms with Crippen LogP contribution in [0.5, 0.6) is 5.75 Å². The second kappa shape index (κ2) is 8.82. The number of carbonyl (C=O) groups excluding carboxylic acids is 1.